The molecule has 2 fully saturated rings. The molecule has 2 saturated heterocycles. The second-order valence-corrected chi connectivity index (χ2v) is 12.9. The molecule has 3 aromatic rings. The molecule has 39 heavy (non-hydrogen) atoms. The summed E-state index contributed by atoms with van der Waals surface area (Å²) in [6.45, 7) is 8.15. The molecule has 5 rings (SSSR count). The number of carbonyl (C=O) groups is 1. The Kier molecular flexibility index (Phi) is 8.35. The summed E-state index contributed by atoms with van der Waals surface area (Å²) < 4.78 is 30.0. The molecule has 0 aliphatic carbocycles. The molecule has 0 N–H and O–H groups in total. The van der Waals surface area contributed by atoms with Gasteiger partial charge in [0, 0.05) is 57.1 Å². The summed E-state index contributed by atoms with van der Waals surface area (Å²) in [6, 6.07) is 12.8. The highest BCUT2D eigenvalue weighted by Crippen LogP contribution is 2.32. The number of carbonyl (C=O) groups excluding carboxylic acids is 1. The molecule has 0 radical (unpaired) electrons. The number of para-hydroxylation sites is 1. The van der Waals surface area contributed by atoms with Gasteiger partial charge in [0.25, 0.3) is 5.91 Å². The van der Waals surface area contributed by atoms with Gasteiger partial charge in [0.05, 0.1) is 27.0 Å². The molecular weight excluding hydrogens is 557 g/mol. The van der Waals surface area contributed by atoms with Crippen molar-refractivity contribution in [3.8, 4) is 5.69 Å². The number of benzene rings is 2. The van der Waals surface area contributed by atoms with E-state index in [9.17, 15) is 13.2 Å². The Labute approximate surface area is 240 Å². The summed E-state index contributed by atoms with van der Waals surface area (Å²) >= 11 is 12.7. The zero-order valence-corrected chi connectivity index (χ0v) is 24.6. The lowest BCUT2D eigenvalue weighted by Gasteiger charge is -2.35. The van der Waals surface area contributed by atoms with Crippen molar-refractivity contribution in [3.05, 3.63) is 75.0 Å². The van der Waals surface area contributed by atoms with E-state index in [0.29, 0.717) is 39.3 Å². The van der Waals surface area contributed by atoms with Gasteiger partial charge in [-0.15, -0.1) is 0 Å². The van der Waals surface area contributed by atoms with Crippen LogP contribution >= 0.6 is 23.2 Å². The minimum absolute atomic E-state index is 0.0359. The second-order valence-electron chi connectivity index (χ2n) is 10.2. The normalized spacial score (nSPS) is 17.5. The number of piperidine rings is 1. The summed E-state index contributed by atoms with van der Waals surface area (Å²) in [6.07, 6.45) is 2.63. The molecule has 2 aliphatic rings. The Bertz CT molecular complexity index is 1460. The van der Waals surface area contributed by atoms with Crippen molar-refractivity contribution >= 4 is 39.1 Å². The van der Waals surface area contributed by atoms with Crippen molar-refractivity contribution in [2.75, 3.05) is 39.3 Å². The second kappa shape index (κ2) is 11.6. The van der Waals surface area contributed by atoms with Gasteiger partial charge in [0.15, 0.2) is 0 Å². The lowest BCUT2D eigenvalue weighted by Crippen LogP contribution is -2.48. The summed E-state index contributed by atoms with van der Waals surface area (Å²) in [4.78, 5) is 17.5. The molecule has 1 amide bonds. The topological polar surface area (TPSA) is 78.8 Å². The summed E-state index contributed by atoms with van der Waals surface area (Å²) in [5, 5.41) is 4.95. The van der Waals surface area contributed by atoms with E-state index >= 15 is 0 Å². The van der Waals surface area contributed by atoms with Crippen LogP contribution in [0.1, 0.15) is 46.6 Å². The van der Waals surface area contributed by atoms with E-state index in [1.807, 2.05) is 41.9 Å². The number of hydrogen-bond donors (Lipinski definition) is 0. The van der Waals surface area contributed by atoms with Crippen molar-refractivity contribution in [2.45, 2.75) is 44.6 Å². The predicted octanol–water partition coefficient (Wildman–Crippen LogP) is 4.93. The number of rotatable bonds is 6. The maximum absolute atomic E-state index is 13.5. The van der Waals surface area contributed by atoms with Crippen molar-refractivity contribution in [3.63, 3.8) is 0 Å². The Morgan fingerprint density at radius 1 is 0.897 bits per heavy atom. The van der Waals surface area contributed by atoms with Gasteiger partial charge in [-0.2, -0.15) is 9.40 Å². The Morgan fingerprint density at radius 3 is 2.23 bits per heavy atom. The van der Waals surface area contributed by atoms with E-state index in [2.05, 4.69) is 11.8 Å². The molecule has 11 heteroatoms. The Morgan fingerprint density at radius 2 is 1.56 bits per heavy atom. The van der Waals surface area contributed by atoms with Crippen LogP contribution in [0.5, 0.6) is 0 Å². The average molecular weight is 591 g/mol. The molecule has 208 valence electrons. The van der Waals surface area contributed by atoms with Gasteiger partial charge >= 0.3 is 0 Å². The first-order valence-electron chi connectivity index (χ1n) is 13.3. The molecule has 0 spiro atoms. The third-order valence-corrected chi connectivity index (χ3v) is 10.3. The molecule has 8 nitrogen and oxygen atoms in total. The minimum atomic E-state index is -3.81. The van der Waals surface area contributed by atoms with Crippen LogP contribution in [-0.2, 0) is 16.6 Å². The van der Waals surface area contributed by atoms with Crippen LogP contribution in [0.25, 0.3) is 5.69 Å². The predicted molar refractivity (Wildman–Crippen MR) is 153 cm³/mol. The molecule has 1 aromatic heterocycles. The molecule has 2 aromatic carbocycles. The molecule has 0 bridgehead atoms. The standard InChI is InChI=1S/C28H33Cl2N5O3S/c1-20-24(21(2)35(31-20)22-9-5-3-6-10-22)19-32-13-15-33(16-14-32)28(36)23-17-27(26(30)18-25(23)29)39(37,38)34-11-7-4-8-12-34/h3,5-6,9-10,17-18H,4,7-8,11-16,19H2,1-2H3. The van der Waals surface area contributed by atoms with E-state index in [-0.39, 0.29) is 26.4 Å². The zero-order valence-electron chi connectivity index (χ0n) is 22.2. The highest BCUT2D eigenvalue weighted by atomic mass is 35.5. The summed E-state index contributed by atoms with van der Waals surface area (Å²) in [5.41, 5.74) is 4.48. The van der Waals surface area contributed by atoms with Gasteiger partial charge < -0.3 is 4.90 Å². The number of aryl methyl sites for hydroxylation is 1. The highest BCUT2D eigenvalue weighted by Gasteiger charge is 2.31. The minimum Gasteiger partial charge on any atom is -0.336 e. The molecule has 2 aliphatic heterocycles. The van der Waals surface area contributed by atoms with Crippen LogP contribution in [0.15, 0.2) is 47.4 Å². The third kappa shape index (κ3) is 5.74. The van der Waals surface area contributed by atoms with Crippen LogP contribution in [-0.4, -0.2) is 77.5 Å². The van der Waals surface area contributed by atoms with Crippen molar-refractivity contribution in [1.82, 2.24) is 23.9 Å². The molecule has 0 atom stereocenters. The van der Waals surface area contributed by atoms with Crippen LogP contribution in [0, 0.1) is 13.8 Å². The van der Waals surface area contributed by atoms with Crippen LogP contribution in [0.3, 0.4) is 0 Å². The van der Waals surface area contributed by atoms with Crippen molar-refractivity contribution in [1.29, 1.82) is 0 Å². The smallest absolute Gasteiger partial charge is 0.255 e. The summed E-state index contributed by atoms with van der Waals surface area (Å²) in [5.74, 6) is -0.282. The first-order chi connectivity index (χ1) is 18.7. The van der Waals surface area contributed by atoms with Crippen molar-refractivity contribution < 1.29 is 13.2 Å². The first kappa shape index (κ1) is 28.1. The monoisotopic (exact) mass is 589 g/mol. The SMILES string of the molecule is Cc1nn(-c2ccccc2)c(C)c1CN1CCN(C(=O)c2cc(S(=O)(=O)N3CCCCC3)c(Cl)cc2Cl)CC1. The van der Waals surface area contributed by atoms with Crippen LogP contribution in [0.2, 0.25) is 10.0 Å². The molecule has 3 heterocycles. The lowest BCUT2D eigenvalue weighted by atomic mass is 10.1. The van der Waals surface area contributed by atoms with E-state index in [0.717, 1.165) is 42.9 Å². The van der Waals surface area contributed by atoms with Gasteiger partial charge in [-0.3, -0.25) is 9.69 Å². The number of halogens is 2. The van der Waals surface area contributed by atoms with Crippen LogP contribution < -0.4 is 0 Å². The lowest BCUT2D eigenvalue weighted by molar-refractivity contribution is 0.0628. The summed E-state index contributed by atoms with van der Waals surface area (Å²) in [7, 11) is -3.81. The molecular formula is C28H33Cl2N5O3S. The van der Waals surface area contributed by atoms with E-state index in [1.165, 1.54) is 22.0 Å². The Hall–Kier alpha value is -2.43. The molecule has 0 saturated carbocycles. The fraction of sp³-hybridized carbons (Fsp3) is 0.429. The number of sulfonamides is 1. The fourth-order valence-corrected chi connectivity index (χ4v) is 7.71. The zero-order chi connectivity index (χ0) is 27.7. The Balaban J connectivity index is 1.28. The van der Waals surface area contributed by atoms with E-state index in [1.54, 1.807) is 4.90 Å². The average Bonchev–Trinajstić information content (AvgIpc) is 3.22. The first-order valence-corrected chi connectivity index (χ1v) is 15.5. The largest absolute Gasteiger partial charge is 0.336 e. The van der Waals surface area contributed by atoms with Gasteiger partial charge in [-0.1, -0.05) is 47.8 Å². The number of aromatic nitrogens is 2. The third-order valence-electron chi connectivity index (χ3n) is 7.67. The van der Waals surface area contributed by atoms with E-state index in [4.69, 9.17) is 28.3 Å². The van der Waals surface area contributed by atoms with Gasteiger partial charge in [-0.25, -0.2) is 13.1 Å². The van der Waals surface area contributed by atoms with Gasteiger partial charge in [0.2, 0.25) is 10.0 Å². The number of piperazine rings is 1. The number of amides is 1. The maximum atomic E-state index is 13.5. The van der Waals surface area contributed by atoms with E-state index < -0.39 is 10.0 Å². The fourth-order valence-electron chi connectivity index (χ4n) is 5.36. The van der Waals surface area contributed by atoms with Gasteiger partial charge in [-0.05, 0) is 51.0 Å². The van der Waals surface area contributed by atoms with Crippen LogP contribution in [0.4, 0.5) is 0 Å². The molecule has 0 unspecified atom stereocenters. The number of nitrogens with zero attached hydrogens (tertiary/aromatic N) is 5. The maximum Gasteiger partial charge on any atom is 0.255 e. The quantitative estimate of drug-likeness (QED) is 0.407. The van der Waals surface area contributed by atoms with Gasteiger partial charge in [0.1, 0.15) is 4.90 Å². The number of hydrogen-bond acceptors (Lipinski definition) is 5. The highest BCUT2D eigenvalue weighted by molar-refractivity contribution is 7.89. The van der Waals surface area contributed by atoms with Crippen molar-refractivity contribution in [2.24, 2.45) is 0 Å².